The first-order chi connectivity index (χ1) is 15.2. The Morgan fingerprint density at radius 1 is 0.875 bits per heavy atom. The Balaban J connectivity index is 1.86. The molecule has 0 atom stereocenters. The predicted octanol–water partition coefficient (Wildman–Crippen LogP) is 7.37. The summed E-state index contributed by atoms with van der Waals surface area (Å²) in [6, 6.07) is 14.2. The third kappa shape index (κ3) is 3.15. The monoisotopic (exact) mass is 432 g/mol. The highest BCUT2D eigenvalue weighted by Crippen LogP contribution is 2.48. The second-order valence-corrected chi connectivity index (χ2v) is 9.21. The van der Waals surface area contributed by atoms with Crippen molar-refractivity contribution >= 4 is 22.3 Å². The van der Waals surface area contributed by atoms with Crippen LogP contribution in [-0.4, -0.2) is 11.5 Å². The molecule has 0 bridgehead atoms. The lowest BCUT2D eigenvalue weighted by Gasteiger charge is -2.27. The smallest absolute Gasteiger partial charge is 0.132 e. The zero-order valence-corrected chi connectivity index (χ0v) is 18.4. The van der Waals surface area contributed by atoms with Gasteiger partial charge < -0.3 is 4.90 Å². The first-order valence-electron chi connectivity index (χ1n) is 10.6. The van der Waals surface area contributed by atoms with Gasteiger partial charge in [0.2, 0.25) is 0 Å². The first-order valence-corrected chi connectivity index (χ1v) is 10.6. The normalized spacial score (nSPS) is 14.8. The lowest BCUT2D eigenvalue weighted by Crippen LogP contribution is -2.26. The van der Waals surface area contributed by atoms with Gasteiger partial charge >= 0.3 is 0 Å². The summed E-state index contributed by atoms with van der Waals surface area (Å²) in [4.78, 5) is 6.78. The molecule has 0 saturated carbocycles. The van der Waals surface area contributed by atoms with E-state index in [1.807, 2.05) is 13.8 Å². The minimum Gasteiger partial charge on any atom is -0.340 e. The molecule has 0 N–H and O–H groups in total. The van der Waals surface area contributed by atoms with E-state index >= 15 is 0 Å². The second-order valence-electron chi connectivity index (χ2n) is 9.21. The van der Waals surface area contributed by atoms with Gasteiger partial charge in [0.1, 0.15) is 17.5 Å². The Morgan fingerprint density at radius 2 is 1.59 bits per heavy atom. The van der Waals surface area contributed by atoms with Crippen molar-refractivity contribution in [1.82, 2.24) is 4.98 Å². The Labute approximate surface area is 185 Å². The summed E-state index contributed by atoms with van der Waals surface area (Å²) in [5.74, 6) is -1.54. The number of fused-ring (bicyclic) bond motifs is 2. The molecule has 4 aromatic rings. The number of nitrogens with zero attached hydrogens (tertiary/aromatic N) is 2. The molecule has 0 spiro atoms. The van der Waals surface area contributed by atoms with Gasteiger partial charge in [-0.05, 0) is 66.9 Å². The fraction of sp³-hybridized carbons (Fsp3) is 0.222. The van der Waals surface area contributed by atoms with E-state index < -0.39 is 17.5 Å². The molecule has 2 nitrogen and oxygen atoms in total. The van der Waals surface area contributed by atoms with Crippen LogP contribution in [0.1, 0.15) is 30.5 Å². The number of hydrogen-bond acceptors (Lipinski definition) is 2. The molecule has 1 aromatic heterocycles. The molecule has 32 heavy (non-hydrogen) atoms. The average molecular weight is 432 g/mol. The number of aryl methyl sites for hydroxylation is 1. The number of pyridine rings is 1. The fourth-order valence-corrected chi connectivity index (χ4v) is 4.81. The summed E-state index contributed by atoms with van der Waals surface area (Å²) in [6.45, 7) is 8.99. The molecule has 0 saturated heterocycles. The van der Waals surface area contributed by atoms with Crippen LogP contribution in [-0.2, 0) is 5.41 Å². The standard InChI is InChI=1S/C27H23F3N2/c1-15-5-9-21-24(11-15)32(14-27(21,3)4)26-16(2)25(20-12-17(28)7-10-22(20)30)31-23-13-18(29)6-8-19(23)26/h5-13H,14H2,1-4H3. The number of anilines is 2. The molecule has 5 rings (SSSR count). The van der Waals surface area contributed by atoms with Crippen LogP contribution in [0.15, 0.2) is 54.6 Å². The van der Waals surface area contributed by atoms with Crippen molar-refractivity contribution in [3.63, 3.8) is 0 Å². The lowest BCUT2D eigenvalue weighted by atomic mass is 9.87. The van der Waals surface area contributed by atoms with Crippen LogP contribution in [0.2, 0.25) is 0 Å². The molecule has 0 aliphatic carbocycles. The molecule has 2 heterocycles. The maximum absolute atomic E-state index is 14.7. The van der Waals surface area contributed by atoms with Gasteiger partial charge in [0, 0.05) is 34.7 Å². The van der Waals surface area contributed by atoms with Crippen LogP contribution in [0.5, 0.6) is 0 Å². The molecule has 5 heteroatoms. The van der Waals surface area contributed by atoms with Crippen LogP contribution in [0, 0.1) is 31.3 Å². The first kappa shape index (κ1) is 20.6. The predicted molar refractivity (Wildman–Crippen MR) is 123 cm³/mol. The summed E-state index contributed by atoms with van der Waals surface area (Å²) in [7, 11) is 0. The van der Waals surface area contributed by atoms with E-state index in [1.165, 1.54) is 17.7 Å². The van der Waals surface area contributed by atoms with E-state index in [1.54, 1.807) is 6.07 Å². The van der Waals surface area contributed by atoms with E-state index in [0.717, 1.165) is 46.1 Å². The van der Waals surface area contributed by atoms with Gasteiger partial charge in [0.25, 0.3) is 0 Å². The maximum Gasteiger partial charge on any atom is 0.132 e. The maximum atomic E-state index is 14.7. The minimum absolute atomic E-state index is 0.0674. The molecule has 0 radical (unpaired) electrons. The van der Waals surface area contributed by atoms with Gasteiger partial charge in [-0.25, -0.2) is 18.2 Å². The number of hydrogen-bond donors (Lipinski definition) is 0. The summed E-state index contributed by atoms with van der Waals surface area (Å²) in [5, 5.41) is 0.773. The molecule has 162 valence electrons. The van der Waals surface area contributed by atoms with Gasteiger partial charge in [-0.3, -0.25) is 0 Å². The van der Waals surface area contributed by atoms with Crippen molar-refractivity contribution in [3.05, 3.63) is 88.7 Å². The summed E-state index contributed by atoms with van der Waals surface area (Å²) >= 11 is 0. The summed E-state index contributed by atoms with van der Waals surface area (Å²) in [5.41, 5.74) is 5.65. The molecule has 0 unspecified atom stereocenters. The van der Waals surface area contributed by atoms with Crippen molar-refractivity contribution in [2.75, 3.05) is 11.4 Å². The quantitative estimate of drug-likeness (QED) is 0.329. The van der Waals surface area contributed by atoms with E-state index in [2.05, 4.69) is 41.9 Å². The molecule has 1 aliphatic heterocycles. The van der Waals surface area contributed by atoms with Gasteiger partial charge in [-0.2, -0.15) is 0 Å². The lowest BCUT2D eigenvalue weighted by molar-refractivity contribution is 0.569. The average Bonchev–Trinajstić information content (AvgIpc) is 2.99. The highest BCUT2D eigenvalue weighted by atomic mass is 19.1. The van der Waals surface area contributed by atoms with Gasteiger partial charge in [-0.15, -0.1) is 0 Å². The molecular formula is C27H23F3N2. The summed E-state index contributed by atoms with van der Waals surface area (Å²) in [6.07, 6.45) is 0. The van der Waals surface area contributed by atoms with Crippen molar-refractivity contribution in [3.8, 4) is 11.3 Å². The zero-order valence-electron chi connectivity index (χ0n) is 18.4. The van der Waals surface area contributed by atoms with Crippen LogP contribution in [0.4, 0.5) is 24.5 Å². The number of aromatic nitrogens is 1. The molecule has 0 fully saturated rings. The third-order valence-electron chi connectivity index (χ3n) is 6.34. The van der Waals surface area contributed by atoms with Crippen molar-refractivity contribution in [1.29, 1.82) is 0 Å². The Morgan fingerprint density at radius 3 is 2.38 bits per heavy atom. The number of halogens is 3. The summed E-state index contributed by atoms with van der Waals surface area (Å²) < 4.78 is 42.9. The van der Waals surface area contributed by atoms with Crippen LogP contribution in [0.25, 0.3) is 22.2 Å². The number of benzene rings is 3. The molecule has 1 aliphatic rings. The Bertz CT molecular complexity index is 1390. The second kappa shape index (κ2) is 7.09. The van der Waals surface area contributed by atoms with Gasteiger partial charge in [0.05, 0.1) is 16.9 Å². The number of rotatable bonds is 2. The van der Waals surface area contributed by atoms with E-state index in [0.29, 0.717) is 17.8 Å². The highest BCUT2D eigenvalue weighted by Gasteiger charge is 2.37. The SMILES string of the molecule is Cc1ccc2c(c1)N(c1c(C)c(-c3cc(F)ccc3F)nc3cc(F)ccc13)CC2(C)C. The minimum atomic E-state index is -0.568. The largest absolute Gasteiger partial charge is 0.340 e. The van der Waals surface area contributed by atoms with E-state index in [9.17, 15) is 13.2 Å². The van der Waals surface area contributed by atoms with Crippen molar-refractivity contribution in [2.24, 2.45) is 0 Å². The molecule has 3 aromatic carbocycles. The zero-order chi connectivity index (χ0) is 22.8. The van der Waals surface area contributed by atoms with Crippen LogP contribution < -0.4 is 4.90 Å². The van der Waals surface area contributed by atoms with Gasteiger partial charge in [0.15, 0.2) is 0 Å². The fourth-order valence-electron chi connectivity index (χ4n) is 4.81. The molecule has 0 amide bonds. The van der Waals surface area contributed by atoms with E-state index in [4.69, 9.17) is 0 Å². The topological polar surface area (TPSA) is 16.1 Å². The van der Waals surface area contributed by atoms with Crippen LogP contribution >= 0.6 is 0 Å². The Kier molecular flexibility index (Phi) is 4.55. The highest BCUT2D eigenvalue weighted by molar-refractivity contribution is 5.99. The van der Waals surface area contributed by atoms with Crippen molar-refractivity contribution < 1.29 is 13.2 Å². The Hall–Kier alpha value is -3.34. The van der Waals surface area contributed by atoms with Crippen LogP contribution in [0.3, 0.4) is 0 Å². The van der Waals surface area contributed by atoms with Crippen molar-refractivity contribution in [2.45, 2.75) is 33.1 Å². The van der Waals surface area contributed by atoms with E-state index in [-0.39, 0.29) is 11.0 Å². The van der Waals surface area contributed by atoms with Gasteiger partial charge in [-0.1, -0.05) is 26.0 Å². The molecular weight excluding hydrogens is 409 g/mol. The third-order valence-corrected chi connectivity index (χ3v) is 6.34.